The van der Waals surface area contributed by atoms with Gasteiger partial charge in [0.05, 0.1) is 5.01 Å². The van der Waals surface area contributed by atoms with E-state index in [1.807, 2.05) is 17.5 Å². The van der Waals surface area contributed by atoms with Gasteiger partial charge in [-0.3, -0.25) is 4.90 Å². The van der Waals surface area contributed by atoms with Gasteiger partial charge in [0.25, 0.3) is 0 Å². The van der Waals surface area contributed by atoms with Gasteiger partial charge in [0.2, 0.25) is 0 Å². The van der Waals surface area contributed by atoms with Crippen molar-refractivity contribution in [2.75, 3.05) is 19.6 Å². The van der Waals surface area contributed by atoms with E-state index in [2.05, 4.69) is 42.9 Å². The summed E-state index contributed by atoms with van der Waals surface area (Å²) in [5, 5.41) is 4.86. The third kappa shape index (κ3) is 3.77. The van der Waals surface area contributed by atoms with Crippen molar-refractivity contribution in [3.63, 3.8) is 0 Å². The van der Waals surface area contributed by atoms with Gasteiger partial charge in [-0.05, 0) is 31.8 Å². The van der Waals surface area contributed by atoms with Crippen LogP contribution in [-0.2, 0) is 6.54 Å². The summed E-state index contributed by atoms with van der Waals surface area (Å²) >= 11 is 1.82. The number of aryl methyl sites for hydroxylation is 1. The summed E-state index contributed by atoms with van der Waals surface area (Å²) in [5.74, 6) is 0. The van der Waals surface area contributed by atoms with E-state index in [1.54, 1.807) is 0 Å². The van der Waals surface area contributed by atoms with Crippen LogP contribution in [0.2, 0.25) is 0 Å². The fourth-order valence-electron chi connectivity index (χ4n) is 2.42. The van der Waals surface area contributed by atoms with Crippen LogP contribution in [0.4, 0.5) is 0 Å². The lowest BCUT2D eigenvalue weighted by Gasteiger charge is -2.33. The van der Waals surface area contributed by atoms with Gasteiger partial charge >= 0.3 is 0 Å². The third-order valence-corrected chi connectivity index (χ3v) is 4.47. The highest BCUT2D eigenvalue weighted by molar-refractivity contribution is 7.11. The Hall–Kier alpha value is -0.450. The standard InChI is InChI=1S/C14H25N3S/c1-11-16-8-12(18-11)9-17-7-5-6-15-13(10-17)14(2,3)4/h8,13,15H,5-7,9-10H2,1-4H3. The number of rotatable bonds is 2. The molecule has 0 spiro atoms. The van der Waals surface area contributed by atoms with Gasteiger partial charge < -0.3 is 5.32 Å². The molecule has 1 aliphatic heterocycles. The van der Waals surface area contributed by atoms with E-state index in [1.165, 1.54) is 22.9 Å². The molecule has 18 heavy (non-hydrogen) atoms. The second-order valence-electron chi connectivity index (χ2n) is 6.31. The quantitative estimate of drug-likeness (QED) is 0.893. The zero-order valence-electron chi connectivity index (χ0n) is 12.0. The Balaban J connectivity index is 1.99. The third-order valence-electron chi connectivity index (χ3n) is 3.58. The van der Waals surface area contributed by atoms with Crippen molar-refractivity contribution in [3.8, 4) is 0 Å². The molecule has 0 saturated carbocycles. The Labute approximate surface area is 115 Å². The fraction of sp³-hybridized carbons (Fsp3) is 0.786. The first kappa shape index (κ1) is 14.0. The zero-order valence-corrected chi connectivity index (χ0v) is 12.8. The van der Waals surface area contributed by atoms with Crippen LogP contribution in [0, 0.1) is 12.3 Å². The zero-order chi connectivity index (χ0) is 13.2. The van der Waals surface area contributed by atoms with Crippen molar-refractivity contribution in [1.82, 2.24) is 15.2 Å². The molecule has 1 N–H and O–H groups in total. The first-order valence-electron chi connectivity index (χ1n) is 6.82. The molecule has 2 heterocycles. The maximum absolute atomic E-state index is 4.35. The van der Waals surface area contributed by atoms with Crippen molar-refractivity contribution in [2.24, 2.45) is 5.41 Å². The van der Waals surface area contributed by atoms with Crippen LogP contribution >= 0.6 is 11.3 Å². The normalized spacial score (nSPS) is 23.0. The highest BCUT2D eigenvalue weighted by Gasteiger charge is 2.28. The lowest BCUT2D eigenvalue weighted by Crippen LogP contribution is -2.46. The lowest BCUT2D eigenvalue weighted by molar-refractivity contribution is 0.193. The molecule has 1 aliphatic rings. The van der Waals surface area contributed by atoms with Crippen LogP contribution in [0.15, 0.2) is 6.20 Å². The Bertz CT molecular complexity index is 381. The molecule has 1 saturated heterocycles. The van der Waals surface area contributed by atoms with Crippen molar-refractivity contribution < 1.29 is 0 Å². The van der Waals surface area contributed by atoms with Gasteiger partial charge in [-0.15, -0.1) is 11.3 Å². The molecule has 1 fully saturated rings. The van der Waals surface area contributed by atoms with E-state index in [9.17, 15) is 0 Å². The van der Waals surface area contributed by atoms with Crippen molar-refractivity contribution in [1.29, 1.82) is 0 Å². The summed E-state index contributed by atoms with van der Waals surface area (Å²) in [6, 6.07) is 0.578. The summed E-state index contributed by atoms with van der Waals surface area (Å²) in [7, 11) is 0. The molecule has 0 aromatic carbocycles. The van der Waals surface area contributed by atoms with E-state index in [4.69, 9.17) is 0 Å². The number of hydrogen-bond acceptors (Lipinski definition) is 4. The second kappa shape index (κ2) is 5.68. The largest absolute Gasteiger partial charge is 0.312 e. The van der Waals surface area contributed by atoms with Gasteiger partial charge in [-0.25, -0.2) is 4.98 Å². The molecular formula is C14H25N3S. The van der Waals surface area contributed by atoms with Gasteiger partial charge in [-0.2, -0.15) is 0 Å². The van der Waals surface area contributed by atoms with E-state index < -0.39 is 0 Å². The number of nitrogens with one attached hydrogen (secondary N) is 1. The average Bonchev–Trinajstić information content (AvgIpc) is 2.53. The van der Waals surface area contributed by atoms with Gasteiger partial charge in [0, 0.05) is 30.2 Å². The average molecular weight is 267 g/mol. The van der Waals surface area contributed by atoms with Crippen molar-refractivity contribution >= 4 is 11.3 Å². The number of hydrogen-bond donors (Lipinski definition) is 1. The maximum atomic E-state index is 4.35. The number of thiazole rings is 1. The van der Waals surface area contributed by atoms with Crippen molar-refractivity contribution in [3.05, 3.63) is 16.1 Å². The van der Waals surface area contributed by atoms with Gasteiger partial charge in [-0.1, -0.05) is 20.8 Å². The maximum Gasteiger partial charge on any atom is 0.0897 e. The fourth-order valence-corrected chi connectivity index (χ4v) is 3.25. The van der Waals surface area contributed by atoms with Crippen LogP contribution in [0.5, 0.6) is 0 Å². The highest BCUT2D eigenvalue weighted by atomic mass is 32.1. The molecule has 1 aromatic rings. The van der Waals surface area contributed by atoms with Crippen LogP contribution in [0.1, 0.15) is 37.1 Å². The number of aromatic nitrogens is 1. The topological polar surface area (TPSA) is 28.2 Å². The van der Waals surface area contributed by atoms with Gasteiger partial charge in [0.1, 0.15) is 0 Å². The molecule has 0 radical (unpaired) electrons. The minimum absolute atomic E-state index is 0.326. The molecule has 4 heteroatoms. The summed E-state index contributed by atoms with van der Waals surface area (Å²) in [4.78, 5) is 8.31. The van der Waals surface area contributed by atoms with Gasteiger partial charge in [0.15, 0.2) is 0 Å². The van der Waals surface area contributed by atoms with Crippen LogP contribution in [0.25, 0.3) is 0 Å². The molecule has 1 unspecified atom stereocenters. The van der Waals surface area contributed by atoms with E-state index >= 15 is 0 Å². The molecule has 1 atom stereocenters. The van der Waals surface area contributed by atoms with E-state index in [0.717, 1.165) is 19.6 Å². The molecule has 102 valence electrons. The Morgan fingerprint density at radius 1 is 1.50 bits per heavy atom. The molecule has 0 amide bonds. The Morgan fingerprint density at radius 3 is 2.89 bits per heavy atom. The molecule has 3 nitrogen and oxygen atoms in total. The van der Waals surface area contributed by atoms with Crippen LogP contribution in [-0.4, -0.2) is 35.6 Å². The van der Waals surface area contributed by atoms with Crippen LogP contribution in [0.3, 0.4) is 0 Å². The van der Waals surface area contributed by atoms with Crippen LogP contribution < -0.4 is 5.32 Å². The minimum Gasteiger partial charge on any atom is -0.312 e. The van der Waals surface area contributed by atoms with E-state index in [-0.39, 0.29) is 0 Å². The van der Waals surface area contributed by atoms with E-state index in [0.29, 0.717) is 11.5 Å². The lowest BCUT2D eigenvalue weighted by atomic mass is 9.86. The first-order chi connectivity index (χ1) is 8.45. The Kier molecular flexibility index (Phi) is 4.41. The predicted octanol–water partition coefficient (Wildman–Crippen LogP) is 2.66. The molecular weight excluding hydrogens is 242 g/mol. The molecule has 0 aliphatic carbocycles. The minimum atomic E-state index is 0.326. The summed E-state index contributed by atoms with van der Waals surface area (Å²) in [6.07, 6.45) is 3.27. The monoisotopic (exact) mass is 267 g/mol. The predicted molar refractivity (Wildman–Crippen MR) is 78.0 cm³/mol. The van der Waals surface area contributed by atoms with Crippen molar-refractivity contribution in [2.45, 2.75) is 46.7 Å². The highest BCUT2D eigenvalue weighted by Crippen LogP contribution is 2.23. The smallest absolute Gasteiger partial charge is 0.0897 e. The summed E-state index contributed by atoms with van der Waals surface area (Å²) < 4.78 is 0. The molecule has 1 aromatic heterocycles. The molecule has 0 bridgehead atoms. The summed E-state index contributed by atoms with van der Waals surface area (Å²) in [5.41, 5.74) is 0.326. The first-order valence-corrected chi connectivity index (χ1v) is 7.64. The Morgan fingerprint density at radius 2 is 2.28 bits per heavy atom. The second-order valence-corrected chi connectivity index (χ2v) is 7.63. The molecule has 2 rings (SSSR count). The summed E-state index contributed by atoms with van der Waals surface area (Å²) in [6.45, 7) is 13.6. The SMILES string of the molecule is Cc1ncc(CN2CCCNC(C(C)(C)C)C2)s1. The number of nitrogens with zero attached hydrogens (tertiary/aromatic N) is 2.